The molecular weight excluding hydrogens is 212 g/mol. The monoisotopic (exact) mass is 242 g/mol. The Morgan fingerprint density at radius 2 is 1.82 bits per heavy atom. The van der Waals surface area contributed by atoms with Gasteiger partial charge in [-0.3, -0.25) is 4.79 Å². The largest absolute Gasteiger partial charge is 0.354 e. The highest BCUT2D eigenvalue weighted by Gasteiger charge is 2.17. The van der Waals surface area contributed by atoms with Crippen LogP contribution >= 0.6 is 0 Å². The first kappa shape index (κ1) is 16.4. The van der Waals surface area contributed by atoms with E-state index in [1.165, 1.54) is 25.7 Å². The summed E-state index contributed by atoms with van der Waals surface area (Å²) in [7, 11) is 0. The molecule has 1 amide bonds. The van der Waals surface area contributed by atoms with E-state index in [0.29, 0.717) is 6.54 Å². The molecule has 0 heterocycles. The van der Waals surface area contributed by atoms with Gasteiger partial charge in [0.25, 0.3) is 0 Å². The van der Waals surface area contributed by atoms with Gasteiger partial charge < -0.3 is 10.6 Å². The fourth-order valence-electron chi connectivity index (χ4n) is 1.72. The quantitative estimate of drug-likeness (QED) is 0.578. The van der Waals surface area contributed by atoms with Gasteiger partial charge in [-0.1, -0.05) is 47.0 Å². The third-order valence-corrected chi connectivity index (χ3v) is 2.93. The zero-order valence-electron chi connectivity index (χ0n) is 12.1. The number of carbonyl (C=O) groups is 1. The Bertz CT molecular complexity index is 202. The summed E-state index contributed by atoms with van der Waals surface area (Å²) < 4.78 is 0. The third-order valence-electron chi connectivity index (χ3n) is 2.93. The lowest BCUT2D eigenvalue weighted by molar-refractivity contribution is -0.120. The molecule has 0 radical (unpaired) electrons. The van der Waals surface area contributed by atoms with Gasteiger partial charge in [0.1, 0.15) is 0 Å². The molecule has 0 aliphatic carbocycles. The molecule has 0 aromatic heterocycles. The minimum Gasteiger partial charge on any atom is -0.354 e. The molecule has 102 valence electrons. The molecule has 3 heteroatoms. The van der Waals surface area contributed by atoms with Gasteiger partial charge >= 0.3 is 0 Å². The zero-order valence-corrected chi connectivity index (χ0v) is 12.1. The molecule has 0 saturated heterocycles. The lowest BCUT2D eigenvalue weighted by Gasteiger charge is -2.25. The molecule has 0 aromatic carbocycles. The maximum atomic E-state index is 11.5. The highest BCUT2D eigenvalue weighted by atomic mass is 16.1. The number of nitrogens with one attached hydrogen (secondary N) is 2. The van der Waals surface area contributed by atoms with Gasteiger partial charge in [0.05, 0.1) is 6.54 Å². The molecule has 3 nitrogen and oxygen atoms in total. The van der Waals surface area contributed by atoms with Crippen molar-refractivity contribution in [2.24, 2.45) is 5.41 Å². The van der Waals surface area contributed by atoms with Gasteiger partial charge in [-0.2, -0.15) is 0 Å². The van der Waals surface area contributed by atoms with Gasteiger partial charge in [0.15, 0.2) is 0 Å². The average molecular weight is 242 g/mol. The highest BCUT2D eigenvalue weighted by Crippen LogP contribution is 2.22. The number of carbonyl (C=O) groups excluding carboxylic acids is 1. The normalized spacial score (nSPS) is 11.5. The van der Waals surface area contributed by atoms with E-state index in [9.17, 15) is 4.79 Å². The van der Waals surface area contributed by atoms with Crippen LogP contribution in [0.25, 0.3) is 0 Å². The number of rotatable bonds is 10. The van der Waals surface area contributed by atoms with Crippen molar-refractivity contribution in [2.75, 3.05) is 19.6 Å². The molecule has 0 bridgehead atoms. The van der Waals surface area contributed by atoms with E-state index in [1.807, 2.05) is 0 Å². The van der Waals surface area contributed by atoms with E-state index >= 15 is 0 Å². The van der Waals surface area contributed by atoms with E-state index in [-0.39, 0.29) is 11.3 Å². The van der Waals surface area contributed by atoms with Gasteiger partial charge in [0.2, 0.25) is 5.91 Å². The molecule has 0 rings (SSSR count). The number of amides is 1. The van der Waals surface area contributed by atoms with Crippen molar-refractivity contribution < 1.29 is 4.79 Å². The smallest absolute Gasteiger partial charge is 0.233 e. The summed E-state index contributed by atoms with van der Waals surface area (Å²) >= 11 is 0. The second-order valence-corrected chi connectivity index (χ2v) is 5.57. The van der Waals surface area contributed by atoms with Gasteiger partial charge in [0, 0.05) is 6.54 Å². The van der Waals surface area contributed by atoms with E-state index < -0.39 is 0 Å². The number of unbranched alkanes of at least 4 members (excludes halogenated alkanes) is 2. The molecule has 0 saturated carbocycles. The molecule has 0 spiro atoms. The lowest BCUT2D eigenvalue weighted by Crippen LogP contribution is -2.39. The summed E-state index contributed by atoms with van der Waals surface area (Å²) in [6, 6.07) is 0. The lowest BCUT2D eigenvalue weighted by atomic mass is 9.87. The average Bonchev–Trinajstić information content (AvgIpc) is 2.27. The van der Waals surface area contributed by atoms with Crippen molar-refractivity contribution in [3.8, 4) is 0 Å². The maximum absolute atomic E-state index is 11.5. The Morgan fingerprint density at radius 3 is 2.41 bits per heavy atom. The van der Waals surface area contributed by atoms with Crippen LogP contribution in [0.4, 0.5) is 0 Å². The summed E-state index contributed by atoms with van der Waals surface area (Å²) in [4.78, 5) is 11.5. The fraction of sp³-hybridized carbons (Fsp3) is 0.929. The van der Waals surface area contributed by atoms with E-state index in [4.69, 9.17) is 0 Å². The molecule has 2 N–H and O–H groups in total. The molecular formula is C14H30N2O. The van der Waals surface area contributed by atoms with Crippen LogP contribution in [0.5, 0.6) is 0 Å². The first-order valence-electron chi connectivity index (χ1n) is 6.99. The van der Waals surface area contributed by atoms with Crippen molar-refractivity contribution in [3.05, 3.63) is 0 Å². The van der Waals surface area contributed by atoms with Crippen molar-refractivity contribution in [1.29, 1.82) is 0 Å². The molecule has 0 aliphatic rings. The maximum Gasteiger partial charge on any atom is 0.233 e. The summed E-state index contributed by atoms with van der Waals surface area (Å²) in [5.74, 6) is 0.113. The van der Waals surface area contributed by atoms with Crippen molar-refractivity contribution in [3.63, 3.8) is 0 Å². The van der Waals surface area contributed by atoms with Crippen LogP contribution in [-0.2, 0) is 4.79 Å². The Balaban J connectivity index is 3.65. The summed E-state index contributed by atoms with van der Waals surface area (Å²) in [6.45, 7) is 10.9. The first-order chi connectivity index (χ1) is 8.02. The first-order valence-corrected chi connectivity index (χ1v) is 6.99. The summed E-state index contributed by atoms with van der Waals surface area (Å²) in [5.41, 5.74) is 0.218. The third kappa shape index (κ3) is 10.3. The van der Waals surface area contributed by atoms with Crippen LogP contribution < -0.4 is 10.6 Å². The Hall–Kier alpha value is -0.570. The van der Waals surface area contributed by atoms with Crippen LogP contribution in [-0.4, -0.2) is 25.5 Å². The van der Waals surface area contributed by atoms with E-state index in [0.717, 1.165) is 19.5 Å². The zero-order chi connectivity index (χ0) is 13.1. The van der Waals surface area contributed by atoms with Crippen LogP contribution in [0.3, 0.4) is 0 Å². The van der Waals surface area contributed by atoms with Crippen molar-refractivity contribution in [1.82, 2.24) is 10.6 Å². The van der Waals surface area contributed by atoms with Crippen molar-refractivity contribution >= 4 is 5.91 Å². The second-order valence-electron chi connectivity index (χ2n) is 5.57. The van der Waals surface area contributed by atoms with Gasteiger partial charge in [-0.05, 0) is 24.8 Å². The minimum atomic E-state index is 0.113. The standard InChI is InChI=1S/C14H30N2O/c1-5-7-8-9-14(3,4)12-16-13(17)11-15-10-6-2/h15H,5-12H2,1-4H3,(H,16,17). The van der Waals surface area contributed by atoms with E-state index in [2.05, 4.69) is 38.3 Å². The van der Waals surface area contributed by atoms with Crippen LogP contribution in [0, 0.1) is 5.41 Å². The molecule has 0 fully saturated rings. The Labute approximate surface area is 107 Å². The topological polar surface area (TPSA) is 41.1 Å². The predicted molar refractivity (Wildman–Crippen MR) is 74.1 cm³/mol. The molecule has 0 unspecified atom stereocenters. The predicted octanol–water partition coefficient (Wildman–Crippen LogP) is 2.71. The molecule has 17 heavy (non-hydrogen) atoms. The minimum absolute atomic E-state index is 0.113. The highest BCUT2D eigenvalue weighted by molar-refractivity contribution is 5.77. The Kier molecular flexibility index (Phi) is 9.14. The van der Waals surface area contributed by atoms with Gasteiger partial charge in [-0.25, -0.2) is 0 Å². The number of hydrogen-bond donors (Lipinski definition) is 2. The molecule has 0 aromatic rings. The summed E-state index contributed by atoms with van der Waals surface area (Å²) in [6.07, 6.45) is 6.05. The molecule has 0 atom stereocenters. The van der Waals surface area contributed by atoms with Crippen molar-refractivity contribution in [2.45, 2.75) is 59.8 Å². The van der Waals surface area contributed by atoms with Gasteiger partial charge in [-0.15, -0.1) is 0 Å². The van der Waals surface area contributed by atoms with E-state index in [1.54, 1.807) is 0 Å². The second kappa shape index (κ2) is 9.46. The fourth-order valence-corrected chi connectivity index (χ4v) is 1.72. The summed E-state index contributed by atoms with van der Waals surface area (Å²) in [5, 5.41) is 6.12. The van der Waals surface area contributed by atoms with Crippen LogP contribution in [0.15, 0.2) is 0 Å². The van der Waals surface area contributed by atoms with Crippen LogP contribution in [0.1, 0.15) is 59.8 Å². The molecule has 0 aliphatic heterocycles. The van der Waals surface area contributed by atoms with Crippen LogP contribution in [0.2, 0.25) is 0 Å². The number of hydrogen-bond acceptors (Lipinski definition) is 2. The Morgan fingerprint density at radius 1 is 1.12 bits per heavy atom. The SMILES string of the molecule is CCCCCC(C)(C)CNC(=O)CNCCC.